The van der Waals surface area contributed by atoms with Crippen molar-refractivity contribution in [2.24, 2.45) is 0 Å². The second-order valence-corrected chi connectivity index (χ2v) is 7.80. The summed E-state index contributed by atoms with van der Waals surface area (Å²) in [5.74, 6) is 1.20. The van der Waals surface area contributed by atoms with Crippen LogP contribution < -0.4 is 14.8 Å². The fourth-order valence-corrected chi connectivity index (χ4v) is 4.50. The molecule has 1 aliphatic heterocycles. The van der Waals surface area contributed by atoms with E-state index in [1.165, 1.54) is 11.3 Å². The minimum absolute atomic E-state index is 0.136. The van der Waals surface area contributed by atoms with E-state index in [4.69, 9.17) is 9.47 Å². The average molecular weight is 386 g/mol. The summed E-state index contributed by atoms with van der Waals surface area (Å²) >= 11 is 3.07. The highest BCUT2D eigenvalue weighted by molar-refractivity contribution is 7.20. The molecule has 7 heteroatoms. The Kier molecular flexibility index (Phi) is 4.65. The van der Waals surface area contributed by atoms with Crippen molar-refractivity contribution in [1.29, 1.82) is 0 Å². The number of nitrogens with zero attached hydrogens (tertiary/aromatic N) is 1. The molecule has 0 saturated heterocycles. The first kappa shape index (κ1) is 17.1. The molecule has 0 unspecified atom stereocenters. The smallest absolute Gasteiger partial charge is 0.275 e. The molecule has 0 radical (unpaired) electrons. The molecular formula is C19H18N2O3S2. The molecule has 3 aromatic rings. The van der Waals surface area contributed by atoms with Crippen molar-refractivity contribution in [3.63, 3.8) is 0 Å². The van der Waals surface area contributed by atoms with E-state index >= 15 is 0 Å². The summed E-state index contributed by atoms with van der Waals surface area (Å²) in [4.78, 5) is 18.2. The Balaban J connectivity index is 1.58. The van der Waals surface area contributed by atoms with Crippen LogP contribution in [-0.4, -0.2) is 23.6 Å². The number of carbonyl (C=O) groups excluding carboxylic acids is 1. The number of aromatic nitrogens is 1. The zero-order valence-corrected chi connectivity index (χ0v) is 16.1. The van der Waals surface area contributed by atoms with Gasteiger partial charge in [0, 0.05) is 23.4 Å². The lowest BCUT2D eigenvalue weighted by Gasteiger charge is -2.13. The number of amides is 1. The molecule has 0 bridgehead atoms. The van der Waals surface area contributed by atoms with Gasteiger partial charge in [0.2, 0.25) is 0 Å². The molecular weight excluding hydrogens is 368 g/mol. The fraction of sp³-hybridized carbons (Fsp3) is 0.263. The summed E-state index contributed by atoms with van der Waals surface area (Å²) in [7, 11) is 0. The van der Waals surface area contributed by atoms with E-state index in [0.717, 1.165) is 27.6 Å². The van der Waals surface area contributed by atoms with Crippen LogP contribution in [0, 0.1) is 0 Å². The number of fused-ring (bicyclic) bond motifs is 1. The molecule has 3 heterocycles. The highest BCUT2D eigenvalue weighted by atomic mass is 32.1. The highest BCUT2D eigenvalue weighted by Crippen LogP contribution is 2.38. The van der Waals surface area contributed by atoms with Crippen LogP contribution in [0.1, 0.15) is 29.9 Å². The third-order valence-corrected chi connectivity index (χ3v) is 5.90. The highest BCUT2D eigenvalue weighted by Gasteiger charge is 2.23. The van der Waals surface area contributed by atoms with Crippen molar-refractivity contribution < 1.29 is 14.3 Å². The largest absolute Gasteiger partial charge is 0.492 e. The first-order valence-electron chi connectivity index (χ1n) is 8.41. The van der Waals surface area contributed by atoms with Crippen LogP contribution in [-0.2, 0) is 6.42 Å². The molecule has 1 N–H and O–H groups in total. The van der Waals surface area contributed by atoms with Gasteiger partial charge in [0.1, 0.15) is 28.3 Å². The van der Waals surface area contributed by atoms with Crippen LogP contribution in [0.25, 0.3) is 9.88 Å². The van der Waals surface area contributed by atoms with E-state index in [9.17, 15) is 4.79 Å². The number of carbonyl (C=O) groups is 1. The second-order valence-electron chi connectivity index (χ2n) is 5.99. The molecule has 1 aromatic carbocycles. The maximum atomic E-state index is 12.7. The Hall–Kier alpha value is -2.38. The summed E-state index contributed by atoms with van der Waals surface area (Å²) < 4.78 is 11.5. The van der Waals surface area contributed by atoms with E-state index in [1.54, 1.807) is 16.7 Å². The molecule has 26 heavy (non-hydrogen) atoms. The minimum atomic E-state index is -0.254. The maximum Gasteiger partial charge on any atom is 0.275 e. The van der Waals surface area contributed by atoms with E-state index in [2.05, 4.69) is 10.3 Å². The first-order valence-corrected chi connectivity index (χ1v) is 10.2. The maximum absolute atomic E-state index is 12.7. The van der Waals surface area contributed by atoms with Crippen LogP contribution in [0.4, 0.5) is 5.69 Å². The van der Waals surface area contributed by atoms with Crippen molar-refractivity contribution >= 4 is 34.3 Å². The van der Waals surface area contributed by atoms with Gasteiger partial charge in [-0.15, -0.1) is 22.7 Å². The topological polar surface area (TPSA) is 60.5 Å². The number of nitrogens with one attached hydrogen (secondary N) is 1. The normalized spacial score (nSPS) is 15.4. The summed E-state index contributed by atoms with van der Waals surface area (Å²) in [5, 5.41) is 7.54. The van der Waals surface area contributed by atoms with E-state index in [-0.39, 0.29) is 12.0 Å². The van der Waals surface area contributed by atoms with E-state index in [1.807, 2.05) is 43.5 Å². The van der Waals surface area contributed by atoms with Crippen molar-refractivity contribution in [2.45, 2.75) is 26.4 Å². The van der Waals surface area contributed by atoms with Gasteiger partial charge in [0.05, 0.1) is 17.2 Å². The molecule has 1 aliphatic rings. The lowest BCUT2D eigenvalue weighted by Crippen LogP contribution is -2.13. The molecule has 0 aliphatic carbocycles. The fourth-order valence-electron chi connectivity index (χ4n) is 2.89. The number of ether oxygens (including phenoxy) is 2. The zero-order chi connectivity index (χ0) is 18.1. The molecule has 5 nitrogen and oxygen atoms in total. The van der Waals surface area contributed by atoms with Gasteiger partial charge in [0.15, 0.2) is 0 Å². The molecule has 134 valence electrons. The summed E-state index contributed by atoms with van der Waals surface area (Å²) in [6.45, 7) is 4.48. The standard InChI is InChI=1S/C19H18N2O3S2/c1-3-23-16-8-12-7-11(2)24-15(12)9-13(16)20-18(22)14-10-26-19(21-14)17-5-4-6-25-17/h4-6,8-11H,3,7H2,1-2H3,(H,20,22)/t11-/m0/s1. The van der Waals surface area contributed by atoms with Gasteiger partial charge in [0.25, 0.3) is 5.91 Å². The average Bonchev–Trinajstić information content (AvgIpc) is 3.34. The predicted octanol–water partition coefficient (Wildman–Crippen LogP) is 4.85. The van der Waals surface area contributed by atoms with Crippen molar-refractivity contribution in [1.82, 2.24) is 4.98 Å². The van der Waals surface area contributed by atoms with Crippen molar-refractivity contribution in [3.05, 3.63) is 46.3 Å². The number of thiazole rings is 1. The van der Waals surface area contributed by atoms with Crippen molar-refractivity contribution in [3.8, 4) is 21.4 Å². The van der Waals surface area contributed by atoms with Crippen LogP contribution in [0.3, 0.4) is 0 Å². The SMILES string of the molecule is CCOc1cc2c(cc1NC(=O)c1csc(-c3cccs3)n1)O[C@@H](C)C2. The van der Waals surface area contributed by atoms with E-state index < -0.39 is 0 Å². The number of anilines is 1. The van der Waals surface area contributed by atoms with Crippen LogP contribution in [0.2, 0.25) is 0 Å². The van der Waals surface area contributed by atoms with Crippen molar-refractivity contribution in [2.75, 3.05) is 11.9 Å². The van der Waals surface area contributed by atoms with Gasteiger partial charge in [-0.1, -0.05) is 6.07 Å². The second kappa shape index (κ2) is 7.09. The van der Waals surface area contributed by atoms with Crippen LogP contribution >= 0.6 is 22.7 Å². The number of hydrogen-bond donors (Lipinski definition) is 1. The Bertz CT molecular complexity index is 934. The quantitative estimate of drug-likeness (QED) is 0.681. The number of thiophene rings is 1. The summed E-state index contributed by atoms with van der Waals surface area (Å²) in [6.07, 6.45) is 0.984. The molecule has 1 amide bonds. The summed E-state index contributed by atoms with van der Waals surface area (Å²) in [6, 6.07) is 7.77. The monoisotopic (exact) mass is 386 g/mol. The van der Waals surface area contributed by atoms with Gasteiger partial charge in [-0.3, -0.25) is 4.79 Å². The third-order valence-electron chi connectivity index (χ3n) is 4.02. The molecule has 4 rings (SSSR count). The minimum Gasteiger partial charge on any atom is -0.492 e. The molecule has 0 spiro atoms. The Labute approximate surface area is 159 Å². The van der Waals surface area contributed by atoms with E-state index in [0.29, 0.717) is 23.7 Å². The predicted molar refractivity (Wildman–Crippen MR) is 105 cm³/mol. The van der Waals surface area contributed by atoms with Gasteiger partial charge < -0.3 is 14.8 Å². The third kappa shape index (κ3) is 3.32. The zero-order valence-electron chi connectivity index (χ0n) is 14.4. The van der Waals surface area contributed by atoms with Crippen LogP contribution in [0.5, 0.6) is 11.5 Å². The molecule has 0 saturated carbocycles. The first-order chi connectivity index (χ1) is 12.6. The molecule has 0 fully saturated rings. The van der Waals surface area contributed by atoms with Gasteiger partial charge in [-0.25, -0.2) is 4.98 Å². The van der Waals surface area contributed by atoms with Gasteiger partial charge in [-0.2, -0.15) is 0 Å². The Morgan fingerprint density at radius 1 is 1.42 bits per heavy atom. The molecule has 2 aromatic heterocycles. The lowest BCUT2D eigenvalue weighted by molar-refractivity contribution is 0.102. The Morgan fingerprint density at radius 3 is 3.08 bits per heavy atom. The van der Waals surface area contributed by atoms with Crippen LogP contribution in [0.15, 0.2) is 35.0 Å². The Morgan fingerprint density at radius 2 is 2.31 bits per heavy atom. The lowest BCUT2D eigenvalue weighted by atomic mass is 10.1. The summed E-state index contributed by atoms with van der Waals surface area (Å²) in [5.41, 5.74) is 2.11. The molecule has 1 atom stereocenters. The number of benzene rings is 1. The number of rotatable bonds is 5. The van der Waals surface area contributed by atoms with Gasteiger partial charge in [-0.05, 0) is 31.4 Å². The number of hydrogen-bond acceptors (Lipinski definition) is 6. The van der Waals surface area contributed by atoms with Gasteiger partial charge >= 0.3 is 0 Å².